The Balaban J connectivity index is 2.15. The average molecular weight is 305 g/mol. The summed E-state index contributed by atoms with van der Waals surface area (Å²) < 4.78 is 0. The lowest BCUT2D eigenvalue weighted by atomic mass is 10.2. The van der Waals surface area contributed by atoms with E-state index in [1.807, 2.05) is 20.8 Å². The van der Waals surface area contributed by atoms with Crippen LogP contribution in [0.5, 0.6) is 0 Å². The first-order chi connectivity index (χ1) is 10.0. The largest absolute Gasteiger partial charge is 0.385 e. The average Bonchev–Trinajstić information content (AvgIpc) is 2.89. The van der Waals surface area contributed by atoms with E-state index >= 15 is 0 Å². The second-order valence-corrected chi connectivity index (χ2v) is 6.26. The molecule has 112 valence electrons. The maximum atomic E-state index is 12.3. The molecule has 0 bridgehead atoms. The quantitative estimate of drug-likeness (QED) is 0.886. The molecular formula is C14H19N5OS. The molecule has 2 aromatic heterocycles. The topological polar surface area (TPSA) is 79.8 Å². The highest BCUT2D eigenvalue weighted by atomic mass is 32.1. The van der Waals surface area contributed by atoms with Crippen LogP contribution in [0.3, 0.4) is 0 Å². The molecule has 0 spiro atoms. The fourth-order valence-electron chi connectivity index (χ4n) is 1.75. The highest BCUT2D eigenvalue weighted by Crippen LogP contribution is 2.16. The number of anilines is 1. The zero-order chi connectivity index (χ0) is 15.4. The van der Waals surface area contributed by atoms with Gasteiger partial charge in [-0.25, -0.2) is 15.0 Å². The number of hydrogen-bond acceptors (Lipinski definition) is 6. The van der Waals surface area contributed by atoms with Crippen LogP contribution in [-0.2, 0) is 6.54 Å². The summed E-state index contributed by atoms with van der Waals surface area (Å²) in [5, 5.41) is 6.67. The van der Waals surface area contributed by atoms with E-state index in [1.54, 1.807) is 30.8 Å². The van der Waals surface area contributed by atoms with E-state index in [2.05, 4.69) is 25.6 Å². The monoisotopic (exact) mass is 305 g/mol. The zero-order valence-corrected chi connectivity index (χ0v) is 13.4. The Kier molecular flexibility index (Phi) is 4.85. The number of carbonyl (C=O) groups is 1. The van der Waals surface area contributed by atoms with Gasteiger partial charge in [-0.1, -0.05) is 13.8 Å². The normalized spacial score (nSPS) is 10.7. The second kappa shape index (κ2) is 6.62. The lowest BCUT2D eigenvalue weighted by Crippen LogP contribution is -2.25. The predicted molar refractivity (Wildman–Crippen MR) is 83.7 cm³/mol. The molecule has 0 aliphatic carbocycles. The molecule has 0 aliphatic rings. The molecule has 2 rings (SSSR count). The molecule has 2 heterocycles. The van der Waals surface area contributed by atoms with Gasteiger partial charge in [-0.05, 0) is 6.92 Å². The van der Waals surface area contributed by atoms with Gasteiger partial charge >= 0.3 is 0 Å². The van der Waals surface area contributed by atoms with Gasteiger partial charge in [0.15, 0.2) is 5.69 Å². The Labute approximate surface area is 128 Å². The number of nitrogens with one attached hydrogen (secondary N) is 2. The van der Waals surface area contributed by atoms with Gasteiger partial charge in [0.1, 0.15) is 10.8 Å². The van der Waals surface area contributed by atoms with E-state index in [9.17, 15) is 4.79 Å². The van der Waals surface area contributed by atoms with Gasteiger partial charge in [-0.3, -0.25) is 4.79 Å². The minimum absolute atomic E-state index is 0.170. The van der Waals surface area contributed by atoms with Gasteiger partial charge < -0.3 is 10.6 Å². The van der Waals surface area contributed by atoms with E-state index in [-0.39, 0.29) is 11.8 Å². The van der Waals surface area contributed by atoms with E-state index in [4.69, 9.17) is 0 Å². The lowest BCUT2D eigenvalue weighted by molar-refractivity contribution is 0.0946. The minimum Gasteiger partial charge on any atom is -0.385 e. The van der Waals surface area contributed by atoms with E-state index < -0.39 is 0 Å². The maximum absolute atomic E-state index is 12.3. The number of rotatable bonds is 5. The summed E-state index contributed by atoms with van der Waals surface area (Å²) in [6.07, 6.45) is 3.44. The minimum atomic E-state index is -0.225. The van der Waals surface area contributed by atoms with Crippen LogP contribution >= 0.6 is 11.3 Å². The molecule has 7 heteroatoms. The van der Waals surface area contributed by atoms with Crippen LogP contribution in [0.1, 0.15) is 46.0 Å². The summed E-state index contributed by atoms with van der Waals surface area (Å²) in [5.41, 5.74) is 0.983. The van der Waals surface area contributed by atoms with Gasteiger partial charge in [-0.2, -0.15) is 0 Å². The molecule has 2 N–H and O–H groups in total. The van der Waals surface area contributed by atoms with Gasteiger partial charge in [0.2, 0.25) is 0 Å². The van der Waals surface area contributed by atoms with Crippen molar-refractivity contribution in [1.82, 2.24) is 20.3 Å². The standard InChI is InChI=1S/C14H19N5OS/c1-8(2)13-17-6-10(15-4)12(19-13)14(20)18-7-11-16-5-9(3)21-11/h5-6,8,15H,7H2,1-4H3,(H,18,20). The maximum Gasteiger partial charge on any atom is 0.272 e. The molecule has 0 saturated carbocycles. The second-order valence-electron chi connectivity index (χ2n) is 4.94. The molecule has 2 aromatic rings. The van der Waals surface area contributed by atoms with Crippen molar-refractivity contribution in [2.24, 2.45) is 0 Å². The summed E-state index contributed by atoms with van der Waals surface area (Å²) in [7, 11) is 1.74. The van der Waals surface area contributed by atoms with Gasteiger partial charge in [0.05, 0.1) is 18.4 Å². The SMILES string of the molecule is CNc1cnc(C(C)C)nc1C(=O)NCc1ncc(C)s1. The third-order valence-electron chi connectivity index (χ3n) is 2.88. The Bertz CT molecular complexity index is 638. The van der Waals surface area contributed by atoms with Crippen molar-refractivity contribution in [1.29, 1.82) is 0 Å². The predicted octanol–water partition coefficient (Wildman–Crippen LogP) is 2.34. The first kappa shape index (κ1) is 15.4. The molecule has 0 saturated heterocycles. The summed E-state index contributed by atoms with van der Waals surface area (Å²) >= 11 is 1.57. The number of hydrogen-bond donors (Lipinski definition) is 2. The number of nitrogens with zero attached hydrogens (tertiary/aromatic N) is 3. The van der Waals surface area contributed by atoms with Crippen molar-refractivity contribution in [2.45, 2.75) is 33.2 Å². The van der Waals surface area contributed by atoms with Crippen LogP contribution in [0.15, 0.2) is 12.4 Å². The molecule has 0 unspecified atom stereocenters. The molecule has 21 heavy (non-hydrogen) atoms. The Morgan fingerprint density at radius 1 is 1.33 bits per heavy atom. The van der Waals surface area contributed by atoms with Crippen molar-refractivity contribution in [3.8, 4) is 0 Å². The van der Waals surface area contributed by atoms with Crippen LogP contribution in [0, 0.1) is 6.92 Å². The fourth-order valence-corrected chi connectivity index (χ4v) is 2.48. The van der Waals surface area contributed by atoms with Crippen molar-refractivity contribution in [2.75, 3.05) is 12.4 Å². The van der Waals surface area contributed by atoms with E-state index in [0.717, 1.165) is 9.88 Å². The Morgan fingerprint density at radius 2 is 2.10 bits per heavy atom. The Hall–Kier alpha value is -2.02. The van der Waals surface area contributed by atoms with Gasteiger partial charge in [0.25, 0.3) is 5.91 Å². The fraction of sp³-hybridized carbons (Fsp3) is 0.429. The van der Waals surface area contributed by atoms with E-state index in [0.29, 0.717) is 23.8 Å². The van der Waals surface area contributed by atoms with Crippen LogP contribution in [0.25, 0.3) is 0 Å². The van der Waals surface area contributed by atoms with Crippen LogP contribution in [-0.4, -0.2) is 27.9 Å². The first-order valence-corrected chi connectivity index (χ1v) is 7.57. The van der Waals surface area contributed by atoms with E-state index in [1.165, 1.54) is 0 Å². The van der Waals surface area contributed by atoms with Crippen molar-refractivity contribution < 1.29 is 4.79 Å². The van der Waals surface area contributed by atoms with Crippen LogP contribution in [0.4, 0.5) is 5.69 Å². The Morgan fingerprint density at radius 3 is 2.67 bits per heavy atom. The number of aromatic nitrogens is 3. The molecule has 6 nitrogen and oxygen atoms in total. The molecule has 0 fully saturated rings. The number of thiazole rings is 1. The van der Waals surface area contributed by atoms with Crippen molar-refractivity contribution in [3.05, 3.63) is 33.8 Å². The number of amides is 1. The summed E-state index contributed by atoms with van der Waals surface area (Å²) in [6.45, 7) is 6.38. The third kappa shape index (κ3) is 3.75. The molecular weight excluding hydrogens is 286 g/mol. The molecule has 0 aromatic carbocycles. The first-order valence-electron chi connectivity index (χ1n) is 6.75. The number of aryl methyl sites for hydroxylation is 1. The van der Waals surface area contributed by atoms with Gasteiger partial charge in [-0.15, -0.1) is 11.3 Å². The molecule has 0 atom stereocenters. The third-order valence-corrected chi connectivity index (χ3v) is 3.79. The summed E-state index contributed by atoms with van der Waals surface area (Å²) in [5.74, 6) is 0.602. The highest BCUT2D eigenvalue weighted by Gasteiger charge is 2.16. The zero-order valence-electron chi connectivity index (χ0n) is 12.6. The molecule has 0 radical (unpaired) electrons. The summed E-state index contributed by atoms with van der Waals surface area (Å²) in [4.78, 5) is 26.3. The smallest absolute Gasteiger partial charge is 0.272 e. The molecule has 0 aliphatic heterocycles. The van der Waals surface area contributed by atoms with Crippen molar-refractivity contribution >= 4 is 22.9 Å². The molecule has 1 amide bonds. The number of carbonyl (C=O) groups excluding carboxylic acids is 1. The van der Waals surface area contributed by atoms with Crippen LogP contribution in [0.2, 0.25) is 0 Å². The summed E-state index contributed by atoms with van der Waals surface area (Å²) in [6, 6.07) is 0. The van der Waals surface area contributed by atoms with Crippen molar-refractivity contribution in [3.63, 3.8) is 0 Å². The van der Waals surface area contributed by atoms with Crippen LogP contribution < -0.4 is 10.6 Å². The highest BCUT2D eigenvalue weighted by molar-refractivity contribution is 7.11. The lowest BCUT2D eigenvalue weighted by Gasteiger charge is -2.11. The van der Waals surface area contributed by atoms with Gasteiger partial charge in [0, 0.05) is 24.0 Å².